The Bertz CT molecular complexity index is 466. The molecule has 1 aromatic carbocycles. The number of benzene rings is 1. The van der Waals surface area contributed by atoms with Crippen LogP contribution in [0.1, 0.15) is 38.3 Å². The molecule has 1 N–H and O–H groups in total. The van der Waals surface area contributed by atoms with Gasteiger partial charge in [-0.25, -0.2) is 0 Å². The van der Waals surface area contributed by atoms with Crippen molar-refractivity contribution in [2.75, 3.05) is 32.1 Å². The lowest BCUT2D eigenvalue weighted by molar-refractivity contribution is -0.00469. The van der Waals surface area contributed by atoms with Gasteiger partial charge in [-0.1, -0.05) is 15.9 Å². The summed E-state index contributed by atoms with van der Waals surface area (Å²) in [4.78, 5) is 2.46. The Morgan fingerprint density at radius 2 is 2.20 bits per heavy atom. The first-order valence-corrected chi connectivity index (χ1v) is 8.05. The molecule has 2 unspecified atom stereocenters. The summed E-state index contributed by atoms with van der Waals surface area (Å²) >= 11 is 3.58. The van der Waals surface area contributed by atoms with E-state index in [1.54, 1.807) is 0 Å². The summed E-state index contributed by atoms with van der Waals surface area (Å²) in [6, 6.07) is 6.89. The standard InChI is InChI=1S/C16H25BrN2O/c1-12(18-3)14-10-13(17)6-7-15(14)19-9-5-8-16(2,11-19)20-4/h6-7,10,12,18H,5,8-9,11H2,1-4H3. The van der Waals surface area contributed by atoms with Gasteiger partial charge in [0.1, 0.15) is 0 Å². The lowest BCUT2D eigenvalue weighted by Gasteiger charge is -2.41. The number of hydrogen-bond donors (Lipinski definition) is 1. The second-order valence-corrected chi connectivity index (χ2v) is 6.81. The molecule has 0 aliphatic carbocycles. The van der Waals surface area contributed by atoms with Gasteiger partial charge in [-0.2, -0.15) is 0 Å². The van der Waals surface area contributed by atoms with Gasteiger partial charge in [-0.15, -0.1) is 0 Å². The van der Waals surface area contributed by atoms with Crippen LogP contribution in [0.15, 0.2) is 22.7 Å². The summed E-state index contributed by atoms with van der Waals surface area (Å²) in [6.45, 7) is 6.46. The number of nitrogens with one attached hydrogen (secondary N) is 1. The van der Waals surface area contributed by atoms with Crippen molar-refractivity contribution in [2.24, 2.45) is 0 Å². The highest BCUT2D eigenvalue weighted by Crippen LogP contribution is 2.34. The fraction of sp³-hybridized carbons (Fsp3) is 0.625. The summed E-state index contributed by atoms with van der Waals surface area (Å²) in [5.74, 6) is 0. The molecule has 20 heavy (non-hydrogen) atoms. The van der Waals surface area contributed by atoms with Crippen molar-refractivity contribution in [3.8, 4) is 0 Å². The zero-order valence-corrected chi connectivity index (χ0v) is 14.5. The lowest BCUT2D eigenvalue weighted by Crippen LogP contribution is -2.47. The molecule has 3 nitrogen and oxygen atoms in total. The fourth-order valence-electron chi connectivity index (χ4n) is 2.89. The molecule has 2 atom stereocenters. The van der Waals surface area contributed by atoms with Crippen molar-refractivity contribution in [1.29, 1.82) is 0 Å². The van der Waals surface area contributed by atoms with Crippen LogP contribution in [0.2, 0.25) is 0 Å². The molecule has 0 spiro atoms. The van der Waals surface area contributed by atoms with Crippen molar-refractivity contribution in [2.45, 2.75) is 38.3 Å². The summed E-state index contributed by atoms with van der Waals surface area (Å²) in [5.41, 5.74) is 2.62. The fourth-order valence-corrected chi connectivity index (χ4v) is 3.27. The summed E-state index contributed by atoms with van der Waals surface area (Å²) in [6.07, 6.45) is 2.31. The first kappa shape index (κ1) is 15.8. The highest BCUT2D eigenvalue weighted by molar-refractivity contribution is 9.10. The average molecular weight is 341 g/mol. The number of ether oxygens (including phenoxy) is 1. The molecule has 1 heterocycles. The van der Waals surface area contributed by atoms with E-state index in [1.165, 1.54) is 17.7 Å². The first-order chi connectivity index (χ1) is 9.49. The first-order valence-electron chi connectivity index (χ1n) is 7.26. The van der Waals surface area contributed by atoms with E-state index in [2.05, 4.69) is 58.2 Å². The highest BCUT2D eigenvalue weighted by Gasteiger charge is 2.31. The Hall–Kier alpha value is -0.580. The Balaban J connectivity index is 2.32. The van der Waals surface area contributed by atoms with Gasteiger partial charge in [-0.05, 0) is 57.5 Å². The summed E-state index contributed by atoms with van der Waals surface area (Å²) < 4.78 is 6.84. The number of anilines is 1. The summed E-state index contributed by atoms with van der Waals surface area (Å²) in [5, 5.41) is 3.34. The number of nitrogens with zero attached hydrogens (tertiary/aromatic N) is 1. The second-order valence-electron chi connectivity index (χ2n) is 5.89. The number of methoxy groups -OCH3 is 1. The van der Waals surface area contributed by atoms with E-state index in [4.69, 9.17) is 4.74 Å². The zero-order valence-electron chi connectivity index (χ0n) is 12.9. The smallest absolute Gasteiger partial charge is 0.0825 e. The maximum atomic E-state index is 5.71. The van der Waals surface area contributed by atoms with Crippen LogP contribution in [0.3, 0.4) is 0 Å². The van der Waals surface area contributed by atoms with Gasteiger partial charge < -0.3 is 15.0 Å². The quantitative estimate of drug-likeness (QED) is 0.903. The maximum Gasteiger partial charge on any atom is 0.0825 e. The van der Waals surface area contributed by atoms with E-state index in [0.29, 0.717) is 6.04 Å². The van der Waals surface area contributed by atoms with Crippen LogP contribution in [0, 0.1) is 0 Å². The lowest BCUT2D eigenvalue weighted by atomic mass is 9.93. The number of halogens is 1. The molecule has 0 aromatic heterocycles. The van der Waals surface area contributed by atoms with Crippen LogP contribution < -0.4 is 10.2 Å². The maximum absolute atomic E-state index is 5.71. The largest absolute Gasteiger partial charge is 0.377 e. The van der Waals surface area contributed by atoms with Crippen LogP contribution in [-0.2, 0) is 4.74 Å². The van der Waals surface area contributed by atoms with Gasteiger partial charge in [0.25, 0.3) is 0 Å². The molecule has 0 amide bonds. The topological polar surface area (TPSA) is 24.5 Å². The molecule has 1 aromatic rings. The van der Waals surface area contributed by atoms with Crippen LogP contribution in [0.5, 0.6) is 0 Å². The molecule has 0 bridgehead atoms. The molecule has 0 radical (unpaired) electrons. The van der Waals surface area contributed by atoms with Crippen molar-refractivity contribution in [3.63, 3.8) is 0 Å². The highest BCUT2D eigenvalue weighted by atomic mass is 79.9. The molecular formula is C16H25BrN2O. The summed E-state index contributed by atoms with van der Waals surface area (Å²) in [7, 11) is 3.83. The molecule has 0 saturated carbocycles. The van der Waals surface area contributed by atoms with E-state index in [0.717, 1.165) is 24.0 Å². The van der Waals surface area contributed by atoms with Gasteiger partial charge in [0.15, 0.2) is 0 Å². The van der Waals surface area contributed by atoms with Crippen LogP contribution >= 0.6 is 15.9 Å². The van der Waals surface area contributed by atoms with Gasteiger partial charge in [-0.3, -0.25) is 0 Å². The van der Waals surface area contributed by atoms with E-state index in [-0.39, 0.29) is 5.60 Å². The van der Waals surface area contributed by atoms with Crippen molar-refractivity contribution < 1.29 is 4.74 Å². The zero-order chi connectivity index (χ0) is 14.8. The number of piperidine rings is 1. The normalized spacial score (nSPS) is 24.8. The minimum Gasteiger partial charge on any atom is -0.377 e. The van der Waals surface area contributed by atoms with Gasteiger partial charge >= 0.3 is 0 Å². The predicted octanol–water partition coefficient (Wildman–Crippen LogP) is 3.73. The minimum atomic E-state index is -0.0362. The third-order valence-electron chi connectivity index (χ3n) is 4.38. The molecule has 1 aliphatic rings. The van der Waals surface area contributed by atoms with Crippen LogP contribution in [0.4, 0.5) is 5.69 Å². The molecule has 1 aliphatic heterocycles. The minimum absolute atomic E-state index is 0.0362. The molecule has 112 valence electrons. The van der Waals surface area contributed by atoms with E-state index in [1.807, 2.05) is 14.2 Å². The molecule has 1 fully saturated rings. The van der Waals surface area contributed by atoms with Crippen LogP contribution in [0.25, 0.3) is 0 Å². The van der Waals surface area contributed by atoms with Gasteiger partial charge in [0, 0.05) is 36.4 Å². The van der Waals surface area contributed by atoms with E-state index in [9.17, 15) is 0 Å². The molecule has 2 rings (SSSR count). The van der Waals surface area contributed by atoms with E-state index < -0.39 is 0 Å². The SMILES string of the molecule is CNC(C)c1cc(Br)ccc1N1CCCC(C)(OC)C1. The Morgan fingerprint density at radius 1 is 1.45 bits per heavy atom. The third-order valence-corrected chi connectivity index (χ3v) is 4.87. The van der Waals surface area contributed by atoms with Crippen molar-refractivity contribution in [1.82, 2.24) is 5.32 Å². The average Bonchev–Trinajstić information content (AvgIpc) is 2.46. The Morgan fingerprint density at radius 3 is 2.85 bits per heavy atom. The third kappa shape index (κ3) is 3.35. The Kier molecular flexibility index (Phi) is 5.10. The van der Waals surface area contributed by atoms with Crippen molar-refractivity contribution in [3.05, 3.63) is 28.2 Å². The number of hydrogen-bond acceptors (Lipinski definition) is 3. The second kappa shape index (κ2) is 6.46. The van der Waals surface area contributed by atoms with Gasteiger partial charge in [0.05, 0.1) is 5.60 Å². The number of rotatable bonds is 4. The molecular weight excluding hydrogens is 316 g/mol. The predicted molar refractivity (Wildman–Crippen MR) is 88.5 cm³/mol. The Labute approximate surface area is 130 Å². The monoisotopic (exact) mass is 340 g/mol. The van der Waals surface area contributed by atoms with Crippen LogP contribution in [-0.4, -0.2) is 32.8 Å². The van der Waals surface area contributed by atoms with E-state index >= 15 is 0 Å². The van der Waals surface area contributed by atoms with Gasteiger partial charge in [0.2, 0.25) is 0 Å². The molecule has 1 saturated heterocycles. The molecule has 4 heteroatoms. The van der Waals surface area contributed by atoms with Crippen molar-refractivity contribution >= 4 is 21.6 Å².